The van der Waals surface area contributed by atoms with Crippen LogP contribution >= 0.6 is 0 Å². The predicted molar refractivity (Wildman–Crippen MR) is 190 cm³/mol. The largest absolute Gasteiger partial charge is 0.444 e. The molecular formula is C39H58N4O4. The van der Waals surface area contributed by atoms with Gasteiger partial charge in [-0.2, -0.15) is 0 Å². The van der Waals surface area contributed by atoms with E-state index in [1.165, 1.54) is 57.8 Å². The Morgan fingerprint density at radius 2 is 1.51 bits per heavy atom. The zero-order valence-corrected chi connectivity index (χ0v) is 29.8. The molecule has 2 aromatic heterocycles. The molecule has 1 atom stereocenters. The molecule has 8 heteroatoms. The average molecular weight is 647 g/mol. The normalized spacial score (nSPS) is 15.4. The van der Waals surface area contributed by atoms with E-state index in [0.29, 0.717) is 25.3 Å². The molecule has 0 radical (unpaired) electrons. The van der Waals surface area contributed by atoms with Crippen molar-refractivity contribution < 1.29 is 14.3 Å². The van der Waals surface area contributed by atoms with Gasteiger partial charge in [0, 0.05) is 25.4 Å². The minimum atomic E-state index is -0.564. The number of imidazole rings is 1. The minimum Gasteiger partial charge on any atom is -0.444 e. The molecular weight excluding hydrogens is 588 g/mol. The lowest BCUT2D eigenvalue weighted by Gasteiger charge is -2.28. The van der Waals surface area contributed by atoms with Gasteiger partial charge >= 0.3 is 6.09 Å². The second-order valence-electron chi connectivity index (χ2n) is 15.3. The van der Waals surface area contributed by atoms with Gasteiger partial charge in [0.15, 0.2) is 0 Å². The Morgan fingerprint density at radius 1 is 0.872 bits per heavy atom. The molecule has 1 saturated heterocycles. The summed E-state index contributed by atoms with van der Waals surface area (Å²) in [5.74, 6) is 0.824. The molecule has 3 heterocycles. The van der Waals surface area contributed by atoms with Crippen LogP contribution in [0.5, 0.6) is 0 Å². The lowest BCUT2D eigenvalue weighted by Crippen LogP contribution is -2.37. The van der Waals surface area contributed by atoms with Crippen molar-refractivity contribution in [3.05, 3.63) is 65.0 Å². The van der Waals surface area contributed by atoms with Crippen molar-refractivity contribution in [3.8, 4) is 22.4 Å². The first-order valence-corrected chi connectivity index (χ1v) is 17.8. The fourth-order valence-corrected chi connectivity index (χ4v) is 6.31. The first kappa shape index (κ1) is 36.4. The zero-order valence-electron chi connectivity index (χ0n) is 29.8. The van der Waals surface area contributed by atoms with E-state index in [1.54, 1.807) is 12.3 Å². The van der Waals surface area contributed by atoms with Crippen LogP contribution in [0.4, 0.5) is 4.79 Å². The first-order valence-electron chi connectivity index (χ1n) is 17.8. The third-order valence-electron chi connectivity index (χ3n) is 8.79. The SMILES string of the molecule is CC(C)(C)CCCCCCCCCCCOCn1c(-c2ccc(-c3cc[nH]c(=O)c3)cc2)cnc1C1CCCN1C(=O)OC(C)(C)C. The maximum atomic E-state index is 13.1. The Bertz CT molecular complexity index is 1450. The molecule has 1 aliphatic rings. The fourth-order valence-electron chi connectivity index (χ4n) is 6.31. The number of rotatable bonds is 16. The van der Waals surface area contributed by atoms with Gasteiger partial charge in [-0.1, -0.05) is 96.4 Å². The molecule has 1 N–H and O–H groups in total. The van der Waals surface area contributed by atoms with Crippen LogP contribution in [0.15, 0.2) is 53.6 Å². The first-order chi connectivity index (χ1) is 22.4. The number of benzene rings is 1. The van der Waals surface area contributed by atoms with Crippen LogP contribution in [0.25, 0.3) is 22.4 Å². The van der Waals surface area contributed by atoms with E-state index >= 15 is 0 Å². The summed E-state index contributed by atoms with van der Waals surface area (Å²) in [6, 6.07) is 11.5. The minimum absolute atomic E-state index is 0.125. The lowest BCUT2D eigenvalue weighted by atomic mass is 9.89. The molecule has 1 aliphatic heterocycles. The monoisotopic (exact) mass is 646 g/mol. The van der Waals surface area contributed by atoms with Crippen LogP contribution in [0.1, 0.15) is 130 Å². The number of nitrogens with one attached hydrogen (secondary N) is 1. The van der Waals surface area contributed by atoms with E-state index in [2.05, 4.69) is 42.5 Å². The lowest BCUT2D eigenvalue weighted by molar-refractivity contribution is 0.0202. The number of ether oxygens (including phenoxy) is 2. The Balaban J connectivity index is 1.36. The quantitative estimate of drug-likeness (QED) is 0.157. The van der Waals surface area contributed by atoms with E-state index in [0.717, 1.165) is 47.5 Å². The Morgan fingerprint density at radius 3 is 2.15 bits per heavy atom. The van der Waals surface area contributed by atoms with E-state index in [1.807, 2.05) is 50.1 Å². The van der Waals surface area contributed by atoms with Crippen LogP contribution in [0.2, 0.25) is 0 Å². The van der Waals surface area contributed by atoms with Crippen LogP contribution < -0.4 is 5.56 Å². The van der Waals surface area contributed by atoms with Crippen molar-refractivity contribution in [3.63, 3.8) is 0 Å². The number of amides is 1. The van der Waals surface area contributed by atoms with Gasteiger partial charge in [0.2, 0.25) is 5.56 Å². The summed E-state index contributed by atoms with van der Waals surface area (Å²) in [5.41, 5.74) is 3.54. The number of pyridine rings is 1. The Hall–Kier alpha value is -3.39. The fraction of sp³-hybridized carbons (Fsp3) is 0.615. The van der Waals surface area contributed by atoms with Crippen LogP contribution in [0, 0.1) is 5.41 Å². The molecule has 47 heavy (non-hydrogen) atoms. The Kier molecular flexibility index (Phi) is 13.3. The van der Waals surface area contributed by atoms with Gasteiger partial charge in [-0.25, -0.2) is 9.78 Å². The van der Waals surface area contributed by atoms with Crippen molar-refractivity contribution in [1.29, 1.82) is 0 Å². The van der Waals surface area contributed by atoms with Gasteiger partial charge in [0.1, 0.15) is 18.2 Å². The van der Waals surface area contributed by atoms with E-state index in [-0.39, 0.29) is 17.7 Å². The highest BCUT2D eigenvalue weighted by Crippen LogP contribution is 2.35. The number of carbonyl (C=O) groups is 1. The van der Waals surface area contributed by atoms with E-state index in [4.69, 9.17) is 14.5 Å². The summed E-state index contributed by atoms with van der Waals surface area (Å²) >= 11 is 0. The molecule has 0 spiro atoms. The topological polar surface area (TPSA) is 89.5 Å². The maximum Gasteiger partial charge on any atom is 0.410 e. The van der Waals surface area contributed by atoms with Crippen molar-refractivity contribution in [2.75, 3.05) is 13.2 Å². The molecule has 1 aromatic carbocycles. The second-order valence-corrected chi connectivity index (χ2v) is 15.3. The second kappa shape index (κ2) is 17.1. The Labute approximate surface area is 282 Å². The third kappa shape index (κ3) is 11.7. The average Bonchev–Trinajstić information content (AvgIpc) is 3.66. The number of H-pyrrole nitrogens is 1. The van der Waals surface area contributed by atoms with Crippen LogP contribution in [0.3, 0.4) is 0 Å². The summed E-state index contributed by atoms with van der Waals surface area (Å²) in [7, 11) is 0. The number of likely N-dealkylation sites (tertiary alicyclic amines) is 1. The summed E-state index contributed by atoms with van der Waals surface area (Å²) in [6.45, 7) is 14.4. The molecule has 0 bridgehead atoms. The van der Waals surface area contributed by atoms with Gasteiger partial charge < -0.3 is 19.0 Å². The molecule has 1 fully saturated rings. The van der Waals surface area contributed by atoms with Crippen molar-refractivity contribution >= 4 is 6.09 Å². The smallest absolute Gasteiger partial charge is 0.410 e. The van der Waals surface area contributed by atoms with Gasteiger partial charge in [0.25, 0.3) is 0 Å². The number of nitrogens with zero attached hydrogens (tertiary/aromatic N) is 3. The molecule has 1 unspecified atom stereocenters. The summed E-state index contributed by atoms with van der Waals surface area (Å²) in [6.07, 6.45) is 17.8. The predicted octanol–water partition coefficient (Wildman–Crippen LogP) is 9.90. The van der Waals surface area contributed by atoms with Crippen LogP contribution in [-0.2, 0) is 16.2 Å². The number of carbonyl (C=O) groups excluding carboxylic acids is 1. The molecule has 0 aliphatic carbocycles. The van der Waals surface area contributed by atoms with Gasteiger partial charge in [-0.3, -0.25) is 9.69 Å². The summed E-state index contributed by atoms with van der Waals surface area (Å²) < 4.78 is 14.1. The number of hydrogen-bond acceptors (Lipinski definition) is 5. The highest BCUT2D eigenvalue weighted by Gasteiger charge is 2.36. The maximum absolute atomic E-state index is 13.1. The van der Waals surface area contributed by atoms with E-state index < -0.39 is 5.60 Å². The highest BCUT2D eigenvalue weighted by atomic mass is 16.6. The number of aromatic amines is 1. The van der Waals surface area contributed by atoms with Gasteiger partial charge in [-0.05, 0) is 74.6 Å². The molecule has 1 amide bonds. The standard InChI is InChI=1S/C39H58N4O4/c1-38(2,3)23-14-12-10-8-7-9-11-13-15-26-46-29-43-34(31-20-18-30(19-21-31)32-22-24-40-35(44)27-32)28-41-36(43)33-17-16-25-42(33)37(45)47-39(4,5)6/h18-22,24,27-28,33H,7-17,23,25-26,29H2,1-6H3,(H,40,44). The van der Waals surface area contributed by atoms with Gasteiger partial charge in [0.05, 0.1) is 17.9 Å². The third-order valence-corrected chi connectivity index (χ3v) is 8.79. The summed E-state index contributed by atoms with van der Waals surface area (Å²) in [5, 5.41) is 0. The van der Waals surface area contributed by atoms with Crippen molar-refractivity contribution in [2.45, 2.75) is 137 Å². The molecule has 258 valence electrons. The molecule has 0 saturated carbocycles. The molecule has 3 aromatic rings. The number of aromatic nitrogens is 3. The molecule has 4 rings (SSSR count). The molecule has 8 nitrogen and oxygen atoms in total. The van der Waals surface area contributed by atoms with Crippen molar-refractivity contribution in [2.24, 2.45) is 5.41 Å². The van der Waals surface area contributed by atoms with E-state index in [9.17, 15) is 9.59 Å². The summed E-state index contributed by atoms with van der Waals surface area (Å²) in [4.78, 5) is 34.3. The highest BCUT2D eigenvalue weighted by molar-refractivity contribution is 5.70. The van der Waals surface area contributed by atoms with Gasteiger partial charge in [-0.15, -0.1) is 0 Å². The zero-order chi connectivity index (χ0) is 33.9. The van der Waals surface area contributed by atoms with Crippen LogP contribution in [-0.4, -0.2) is 44.3 Å². The number of hydrogen-bond donors (Lipinski definition) is 1. The van der Waals surface area contributed by atoms with Crippen molar-refractivity contribution in [1.82, 2.24) is 19.4 Å². The number of unbranched alkanes of at least 4 members (excludes halogenated alkanes) is 8.